The van der Waals surface area contributed by atoms with E-state index in [-0.39, 0.29) is 5.97 Å². The molecular weight excluding hydrogens is 592 g/mol. The number of hydrogen-bond acceptors (Lipinski definition) is 3. The molecule has 0 aliphatic heterocycles. The van der Waals surface area contributed by atoms with Crippen LogP contribution in [0.15, 0.2) is 12.2 Å². The molecule has 0 rings (SSSR count). The quantitative estimate of drug-likeness (QED) is 0.0398. The highest BCUT2D eigenvalue weighted by Crippen LogP contribution is 2.17. The Labute approximate surface area is 300 Å². The van der Waals surface area contributed by atoms with Crippen molar-refractivity contribution in [1.82, 2.24) is 0 Å². The monoisotopic (exact) mass is 677 g/mol. The number of carboxylic acids is 1. The molecule has 0 aliphatic carbocycles. The maximum atomic E-state index is 12.2. The number of aliphatic carboxylic acids is 1. The Morgan fingerprint density at radius 3 is 1.06 bits per heavy atom. The SMILES string of the molecule is CCCCCCCC/C=C\CCCCCCCCCC(=O)OC(CCCCCCCCCCCCCCCCCCCCCC)C(=O)O. The van der Waals surface area contributed by atoms with E-state index in [1.807, 2.05) is 0 Å². The van der Waals surface area contributed by atoms with E-state index in [0.29, 0.717) is 12.8 Å². The number of unbranched alkanes of at least 4 members (excludes halogenated alkanes) is 32. The van der Waals surface area contributed by atoms with E-state index in [9.17, 15) is 14.7 Å². The largest absolute Gasteiger partial charge is 0.479 e. The molecule has 48 heavy (non-hydrogen) atoms. The summed E-state index contributed by atoms with van der Waals surface area (Å²) in [4.78, 5) is 23.9. The minimum atomic E-state index is -1.00. The highest BCUT2D eigenvalue weighted by molar-refractivity contribution is 5.77. The van der Waals surface area contributed by atoms with Crippen molar-refractivity contribution in [3.8, 4) is 0 Å². The number of rotatable bonds is 40. The Balaban J connectivity index is 3.49. The first-order valence-electron chi connectivity index (χ1n) is 21.7. The summed E-state index contributed by atoms with van der Waals surface area (Å²) >= 11 is 0. The molecular formula is C44H84O4. The van der Waals surface area contributed by atoms with Crippen molar-refractivity contribution in [3.05, 3.63) is 12.2 Å². The summed E-state index contributed by atoms with van der Waals surface area (Å²) in [5.74, 6) is -1.35. The van der Waals surface area contributed by atoms with E-state index in [2.05, 4.69) is 26.0 Å². The lowest BCUT2D eigenvalue weighted by molar-refractivity contribution is -0.164. The van der Waals surface area contributed by atoms with Crippen molar-refractivity contribution < 1.29 is 19.4 Å². The van der Waals surface area contributed by atoms with Crippen molar-refractivity contribution >= 4 is 11.9 Å². The third-order valence-corrected chi connectivity index (χ3v) is 10.0. The van der Waals surface area contributed by atoms with Crippen molar-refractivity contribution in [2.45, 2.75) is 258 Å². The fourth-order valence-corrected chi connectivity index (χ4v) is 6.73. The van der Waals surface area contributed by atoms with Crippen LogP contribution >= 0.6 is 0 Å². The molecule has 0 radical (unpaired) electrons. The first kappa shape index (κ1) is 46.7. The summed E-state index contributed by atoms with van der Waals surface area (Å²) in [7, 11) is 0. The lowest BCUT2D eigenvalue weighted by Gasteiger charge is -2.13. The van der Waals surface area contributed by atoms with Crippen molar-refractivity contribution in [2.24, 2.45) is 0 Å². The molecule has 0 amide bonds. The summed E-state index contributed by atoms with van der Waals surface area (Å²) in [5.41, 5.74) is 0. The van der Waals surface area contributed by atoms with E-state index < -0.39 is 12.1 Å². The minimum absolute atomic E-state index is 0.340. The second kappa shape index (κ2) is 40.1. The zero-order valence-corrected chi connectivity index (χ0v) is 32.6. The Bertz CT molecular complexity index is 687. The highest BCUT2D eigenvalue weighted by atomic mass is 16.6. The molecule has 0 aliphatic rings. The first-order valence-corrected chi connectivity index (χ1v) is 21.7. The van der Waals surface area contributed by atoms with Gasteiger partial charge < -0.3 is 9.84 Å². The lowest BCUT2D eigenvalue weighted by Crippen LogP contribution is -2.27. The highest BCUT2D eigenvalue weighted by Gasteiger charge is 2.21. The molecule has 0 saturated carbocycles. The van der Waals surface area contributed by atoms with Gasteiger partial charge in [-0.1, -0.05) is 212 Å². The van der Waals surface area contributed by atoms with Gasteiger partial charge in [0.15, 0.2) is 6.10 Å². The summed E-state index contributed by atoms with van der Waals surface area (Å²) in [6.45, 7) is 4.55. The van der Waals surface area contributed by atoms with Gasteiger partial charge in [-0.25, -0.2) is 4.79 Å². The van der Waals surface area contributed by atoms with Crippen LogP contribution in [0.5, 0.6) is 0 Å². The van der Waals surface area contributed by atoms with E-state index >= 15 is 0 Å². The molecule has 0 aromatic rings. The van der Waals surface area contributed by atoms with Gasteiger partial charge in [-0.15, -0.1) is 0 Å². The van der Waals surface area contributed by atoms with Gasteiger partial charge in [0.2, 0.25) is 0 Å². The molecule has 0 heterocycles. The van der Waals surface area contributed by atoms with Gasteiger partial charge in [-0.2, -0.15) is 0 Å². The third-order valence-electron chi connectivity index (χ3n) is 10.0. The summed E-state index contributed by atoms with van der Waals surface area (Å²) in [6.07, 6.45) is 49.7. The third kappa shape index (κ3) is 37.5. The number of carbonyl (C=O) groups is 2. The van der Waals surface area contributed by atoms with Crippen LogP contribution in [0.3, 0.4) is 0 Å². The second-order valence-corrected chi connectivity index (χ2v) is 14.9. The molecule has 4 heteroatoms. The van der Waals surface area contributed by atoms with Crippen LogP contribution in [-0.4, -0.2) is 23.1 Å². The summed E-state index contributed by atoms with van der Waals surface area (Å²) in [5, 5.41) is 9.52. The maximum Gasteiger partial charge on any atom is 0.345 e. The predicted octanol–water partition coefficient (Wildman–Crippen LogP) is 15.0. The molecule has 4 nitrogen and oxygen atoms in total. The smallest absolute Gasteiger partial charge is 0.345 e. The van der Waals surface area contributed by atoms with Crippen LogP contribution in [0.4, 0.5) is 0 Å². The molecule has 0 aromatic heterocycles. The van der Waals surface area contributed by atoms with E-state index in [1.54, 1.807) is 0 Å². The number of carboxylic acid groups (broad SMARTS) is 1. The Kier molecular flexibility index (Phi) is 39.0. The fraction of sp³-hybridized carbons (Fsp3) is 0.909. The van der Waals surface area contributed by atoms with Crippen molar-refractivity contribution in [2.75, 3.05) is 0 Å². The van der Waals surface area contributed by atoms with Crippen LogP contribution in [0, 0.1) is 0 Å². The van der Waals surface area contributed by atoms with Gasteiger partial charge in [-0.3, -0.25) is 4.79 Å². The summed E-state index contributed by atoms with van der Waals surface area (Å²) < 4.78 is 5.34. The Hall–Kier alpha value is -1.32. The molecule has 0 fully saturated rings. The molecule has 0 saturated heterocycles. The Morgan fingerprint density at radius 2 is 0.729 bits per heavy atom. The predicted molar refractivity (Wildman–Crippen MR) is 209 cm³/mol. The van der Waals surface area contributed by atoms with Crippen molar-refractivity contribution in [3.63, 3.8) is 0 Å². The molecule has 284 valence electrons. The van der Waals surface area contributed by atoms with Crippen LogP contribution in [-0.2, 0) is 14.3 Å². The molecule has 0 bridgehead atoms. The zero-order chi connectivity index (χ0) is 35.0. The standard InChI is InChI=1S/C44H84O4/c1-3-5-7-9-11-13-15-17-19-21-22-23-25-26-28-30-32-34-36-38-40-42(44(46)47)48-43(45)41-39-37-35-33-31-29-27-24-20-18-16-14-12-10-8-6-4-2/h18,20,42H,3-17,19,21-41H2,1-2H3,(H,46,47)/b20-18-. The average molecular weight is 677 g/mol. The second-order valence-electron chi connectivity index (χ2n) is 14.9. The van der Waals surface area contributed by atoms with E-state index in [1.165, 1.54) is 186 Å². The molecule has 0 aromatic carbocycles. The van der Waals surface area contributed by atoms with Crippen LogP contribution in [0.1, 0.15) is 251 Å². The zero-order valence-electron chi connectivity index (χ0n) is 32.6. The first-order chi connectivity index (χ1) is 23.6. The topological polar surface area (TPSA) is 63.6 Å². The molecule has 0 spiro atoms. The van der Waals surface area contributed by atoms with Gasteiger partial charge >= 0.3 is 11.9 Å². The normalized spacial score (nSPS) is 12.2. The Morgan fingerprint density at radius 1 is 0.438 bits per heavy atom. The van der Waals surface area contributed by atoms with Gasteiger partial charge in [-0.05, 0) is 44.9 Å². The molecule has 1 unspecified atom stereocenters. The van der Waals surface area contributed by atoms with Crippen LogP contribution in [0.2, 0.25) is 0 Å². The van der Waals surface area contributed by atoms with E-state index in [0.717, 1.165) is 38.5 Å². The van der Waals surface area contributed by atoms with Crippen LogP contribution < -0.4 is 0 Å². The number of hydrogen-bond donors (Lipinski definition) is 1. The molecule has 1 N–H and O–H groups in total. The number of ether oxygens (including phenoxy) is 1. The average Bonchev–Trinajstić information content (AvgIpc) is 3.08. The number of esters is 1. The van der Waals surface area contributed by atoms with Crippen molar-refractivity contribution in [1.29, 1.82) is 0 Å². The van der Waals surface area contributed by atoms with E-state index in [4.69, 9.17) is 4.74 Å². The number of carbonyl (C=O) groups excluding carboxylic acids is 1. The summed E-state index contributed by atoms with van der Waals surface area (Å²) in [6, 6.07) is 0. The van der Waals surface area contributed by atoms with Gasteiger partial charge in [0.25, 0.3) is 0 Å². The maximum absolute atomic E-state index is 12.2. The fourth-order valence-electron chi connectivity index (χ4n) is 6.73. The van der Waals surface area contributed by atoms with Gasteiger partial charge in [0.05, 0.1) is 0 Å². The minimum Gasteiger partial charge on any atom is -0.479 e. The lowest BCUT2D eigenvalue weighted by atomic mass is 10.0. The van der Waals surface area contributed by atoms with Crippen LogP contribution in [0.25, 0.3) is 0 Å². The molecule has 1 atom stereocenters. The van der Waals surface area contributed by atoms with Gasteiger partial charge in [0.1, 0.15) is 0 Å². The number of allylic oxidation sites excluding steroid dienone is 2. The van der Waals surface area contributed by atoms with Gasteiger partial charge in [0, 0.05) is 6.42 Å².